The Morgan fingerprint density at radius 3 is 0.937 bits per heavy atom. The molecule has 296 valence electrons. The van der Waals surface area contributed by atoms with Crippen molar-refractivity contribution < 1.29 is 0 Å². The van der Waals surface area contributed by atoms with E-state index in [1.807, 2.05) is 12.4 Å². The van der Waals surface area contributed by atoms with E-state index in [4.69, 9.17) is 9.97 Å². The quantitative estimate of drug-likeness (QED) is 0.153. The molecule has 10 aromatic rings. The van der Waals surface area contributed by atoms with Crippen LogP contribution < -0.4 is 9.80 Å². The standard InChI is InChI=1S/C59H40N4/c1-5-15-45(16-6-1)62(46-17-7-2-8-18-46)49-31-25-41(26-32-49)43-29-35-51-52-36-30-44(42-27-33-50(34-28-42)63(47-19-9-3-10-20-47)48-21-11-4-12-22-48)40-56(52)59(55(51)39-43)53-23-13-37-60-57(53)58-54(59)24-14-38-61-58/h1-40H. The Balaban J connectivity index is 0.976. The molecule has 0 aliphatic heterocycles. The summed E-state index contributed by atoms with van der Waals surface area (Å²) in [6, 6.07) is 82.9. The predicted molar refractivity (Wildman–Crippen MR) is 259 cm³/mol. The molecule has 63 heavy (non-hydrogen) atoms. The molecule has 4 nitrogen and oxygen atoms in total. The Morgan fingerprint density at radius 2 is 0.587 bits per heavy atom. The summed E-state index contributed by atoms with van der Waals surface area (Å²) in [5.74, 6) is 0. The minimum Gasteiger partial charge on any atom is -0.311 e. The number of benzene rings is 8. The van der Waals surface area contributed by atoms with Crippen molar-refractivity contribution in [2.45, 2.75) is 5.41 Å². The molecule has 0 atom stereocenters. The minimum atomic E-state index is -0.599. The molecule has 2 aromatic heterocycles. The number of hydrogen-bond donors (Lipinski definition) is 0. The zero-order valence-corrected chi connectivity index (χ0v) is 34.4. The Kier molecular flexibility index (Phi) is 8.68. The summed E-state index contributed by atoms with van der Waals surface area (Å²) in [6.07, 6.45) is 3.79. The van der Waals surface area contributed by atoms with Crippen molar-refractivity contribution in [1.82, 2.24) is 9.97 Å². The van der Waals surface area contributed by atoms with E-state index in [2.05, 4.69) is 240 Å². The highest BCUT2D eigenvalue weighted by molar-refractivity contribution is 5.95. The molecule has 2 aliphatic carbocycles. The van der Waals surface area contributed by atoms with Crippen LogP contribution in [-0.2, 0) is 5.41 Å². The van der Waals surface area contributed by atoms with Crippen molar-refractivity contribution in [3.05, 3.63) is 265 Å². The Bertz CT molecular complexity index is 2960. The summed E-state index contributed by atoms with van der Waals surface area (Å²) < 4.78 is 0. The van der Waals surface area contributed by atoms with Gasteiger partial charge in [-0.15, -0.1) is 0 Å². The maximum atomic E-state index is 5.01. The summed E-state index contributed by atoms with van der Waals surface area (Å²) in [5, 5.41) is 0. The Hall–Kier alpha value is -8.34. The van der Waals surface area contributed by atoms with Crippen molar-refractivity contribution in [2.24, 2.45) is 0 Å². The van der Waals surface area contributed by atoms with Gasteiger partial charge in [-0.2, -0.15) is 0 Å². The molecule has 0 saturated heterocycles. The smallest absolute Gasteiger partial charge is 0.0937 e. The van der Waals surface area contributed by atoms with Crippen LogP contribution in [0.2, 0.25) is 0 Å². The van der Waals surface area contributed by atoms with Gasteiger partial charge in [-0.3, -0.25) is 9.97 Å². The Labute approximate surface area is 367 Å². The van der Waals surface area contributed by atoms with E-state index in [1.54, 1.807) is 0 Å². The summed E-state index contributed by atoms with van der Waals surface area (Å²) >= 11 is 0. The molecule has 4 heteroatoms. The fraction of sp³-hybridized carbons (Fsp3) is 0.0169. The summed E-state index contributed by atoms with van der Waals surface area (Å²) in [5.41, 5.74) is 19.9. The second-order valence-corrected chi connectivity index (χ2v) is 16.2. The number of para-hydroxylation sites is 4. The minimum absolute atomic E-state index is 0.599. The number of hydrogen-bond acceptors (Lipinski definition) is 4. The van der Waals surface area contributed by atoms with Crippen LogP contribution in [-0.4, -0.2) is 9.97 Å². The molecule has 0 N–H and O–H groups in total. The van der Waals surface area contributed by atoms with Crippen LogP contribution in [0, 0.1) is 0 Å². The molecular weight excluding hydrogens is 765 g/mol. The second-order valence-electron chi connectivity index (χ2n) is 16.2. The third-order valence-corrected chi connectivity index (χ3v) is 12.8. The Morgan fingerprint density at radius 1 is 0.270 bits per heavy atom. The monoisotopic (exact) mass is 804 g/mol. The topological polar surface area (TPSA) is 32.3 Å². The van der Waals surface area contributed by atoms with Gasteiger partial charge in [0.2, 0.25) is 0 Å². The highest BCUT2D eigenvalue weighted by Crippen LogP contribution is 2.62. The molecule has 0 bridgehead atoms. The average molecular weight is 805 g/mol. The molecule has 0 amide bonds. The van der Waals surface area contributed by atoms with E-state index < -0.39 is 5.41 Å². The maximum Gasteiger partial charge on any atom is 0.0937 e. The van der Waals surface area contributed by atoms with Crippen LogP contribution in [0.25, 0.3) is 44.8 Å². The zero-order valence-electron chi connectivity index (χ0n) is 34.4. The first kappa shape index (κ1) is 36.5. The van der Waals surface area contributed by atoms with E-state index in [0.29, 0.717) is 0 Å². The van der Waals surface area contributed by atoms with Crippen LogP contribution in [0.15, 0.2) is 243 Å². The van der Waals surface area contributed by atoms with E-state index in [-0.39, 0.29) is 0 Å². The molecule has 0 unspecified atom stereocenters. The molecule has 1 spiro atoms. The highest BCUT2D eigenvalue weighted by atomic mass is 15.1. The summed E-state index contributed by atoms with van der Waals surface area (Å²) in [7, 11) is 0. The SMILES string of the molecule is c1ccc(N(c2ccccc2)c2ccc(-c3ccc4c(c3)C3(c5cc(-c6ccc(N(c7ccccc7)c7ccccc7)cc6)ccc5-4)c4cccnc4-c4ncccc43)cc2)cc1. The van der Waals surface area contributed by atoms with Crippen molar-refractivity contribution in [3.63, 3.8) is 0 Å². The molecule has 0 saturated carbocycles. The van der Waals surface area contributed by atoms with Gasteiger partial charge >= 0.3 is 0 Å². The molecule has 2 aliphatic rings. The molecule has 0 fully saturated rings. The third kappa shape index (κ3) is 5.91. The van der Waals surface area contributed by atoms with Crippen molar-refractivity contribution in [1.29, 1.82) is 0 Å². The van der Waals surface area contributed by atoms with Gasteiger partial charge in [-0.1, -0.05) is 133 Å². The van der Waals surface area contributed by atoms with Gasteiger partial charge < -0.3 is 9.80 Å². The van der Waals surface area contributed by atoms with Crippen molar-refractivity contribution >= 4 is 34.1 Å². The van der Waals surface area contributed by atoms with Crippen LogP contribution in [0.1, 0.15) is 22.3 Å². The van der Waals surface area contributed by atoms with Crippen molar-refractivity contribution in [2.75, 3.05) is 9.80 Å². The van der Waals surface area contributed by atoms with Gasteiger partial charge in [0.1, 0.15) is 0 Å². The highest BCUT2D eigenvalue weighted by Gasteiger charge is 2.53. The fourth-order valence-electron chi connectivity index (χ4n) is 10.0. The van der Waals surface area contributed by atoms with Gasteiger partial charge in [0.25, 0.3) is 0 Å². The lowest BCUT2D eigenvalue weighted by atomic mass is 9.70. The van der Waals surface area contributed by atoms with Gasteiger partial charge in [-0.25, -0.2) is 0 Å². The number of nitrogens with zero attached hydrogens (tertiary/aromatic N) is 4. The fourth-order valence-corrected chi connectivity index (χ4v) is 10.0. The van der Waals surface area contributed by atoms with Crippen molar-refractivity contribution in [3.8, 4) is 44.8 Å². The van der Waals surface area contributed by atoms with Gasteiger partial charge in [0.05, 0.1) is 16.8 Å². The number of aromatic nitrogens is 2. The number of anilines is 6. The largest absolute Gasteiger partial charge is 0.311 e. The van der Waals surface area contributed by atoms with Crippen LogP contribution in [0.3, 0.4) is 0 Å². The molecule has 8 aromatic carbocycles. The second kappa shape index (κ2) is 15.0. The van der Waals surface area contributed by atoms with Gasteiger partial charge in [0, 0.05) is 46.5 Å². The summed E-state index contributed by atoms with van der Waals surface area (Å²) in [6.45, 7) is 0. The number of pyridine rings is 2. The average Bonchev–Trinajstić information content (AvgIpc) is 3.83. The van der Waals surface area contributed by atoms with E-state index in [0.717, 1.165) is 56.6 Å². The molecular formula is C59H40N4. The van der Waals surface area contributed by atoms with E-state index >= 15 is 0 Å². The van der Waals surface area contributed by atoms with Crippen LogP contribution in [0.5, 0.6) is 0 Å². The predicted octanol–water partition coefficient (Wildman–Crippen LogP) is 15.1. The van der Waals surface area contributed by atoms with Gasteiger partial charge in [-0.05, 0) is 153 Å². The summed E-state index contributed by atoms with van der Waals surface area (Å²) in [4.78, 5) is 14.6. The normalized spacial score (nSPS) is 12.6. The van der Waals surface area contributed by atoms with Crippen LogP contribution in [0.4, 0.5) is 34.1 Å². The zero-order chi connectivity index (χ0) is 41.7. The lowest BCUT2D eigenvalue weighted by Crippen LogP contribution is -2.26. The lowest BCUT2D eigenvalue weighted by molar-refractivity contribution is 0.790. The van der Waals surface area contributed by atoms with Gasteiger partial charge in [0.15, 0.2) is 0 Å². The number of fused-ring (bicyclic) bond motifs is 10. The first-order chi connectivity index (χ1) is 31.3. The van der Waals surface area contributed by atoms with Crippen LogP contribution >= 0.6 is 0 Å². The van der Waals surface area contributed by atoms with E-state index in [9.17, 15) is 0 Å². The molecule has 12 rings (SSSR count). The third-order valence-electron chi connectivity index (χ3n) is 12.8. The first-order valence-electron chi connectivity index (χ1n) is 21.5. The maximum absolute atomic E-state index is 5.01. The number of rotatable bonds is 8. The molecule has 0 radical (unpaired) electrons. The van der Waals surface area contributed by atoms with E-state index in [1.165, 1.54) is 44.5 Å². The molecule has 2 heterocycles. The first-order valence-corrected chi connectivity index (χ1v) is 21.5. The lowest BCUT2D eigenvalue weighted by Gasteiger charge is -2.30.